The van der Waals surface area contributed by atoms with E-state index in [-0.39, 0.29) is 0 Å². The van der Waals surface area contributed by atoms with Gasteiger partial charge in [-0.3, -0.25) is 9.97 Å². The Morgan fingerprint density at radius 3 is 2.08 bits per heavy atom. The van der Waals surface area contributed by atoms with Crippen molar-refractivity contribution in [3.8, 4) is 22.5 Å². The van der Waals surface area contributed by atoms with Crippen molar-refractivity contribution in [1.29, 1.82) is 0 Å². The normalized spacial score (nSPS) is 11.2. The van der Waals surface area contributed by atoms with E-state index in [4.69, 9.17) is 0 Å². The Kier molecular flexibility index (Phi) is 3.10. The topological polar surface area (TPSA) is 41.6 Å². The summed E-state index contributed by atoms with van der Waals surface area (Å²) in [7, 11) is 0. The van der Waals surface area contributed by atoms with Gasteiger partial charge < -0.3 is 4.98 Å². The smallest absolute Gasteiger partial charge is 0.0729 e. The minimum Gasteiger partial charge on any atom is -0.354 e. The van der Waals surface area contributed by atoms with Gasteiger partial charge in [0.15, 0.2) is 0 Å². The number of rotatable bonds is 2. The molecule has 3 aromatic heterocycles. The molecule has 0 spiro atoms. The maximum Gasteiger partial charge on any atom is 0.0729 e. The van der Waals surface area contributed by atoms with Gasteiger partial charge in [0, 0.05) is 39.8 Å². The van der Waals surface area contributed by atoms with E-state index in [1.54, 1.807) is 0 Å². The standard InChI is InChI=1S/C22H15N3/c1-2-9-19-15(7-1)16-11-12-17(18-8-3-5-13-23-18)21(22(16)25-19)20-10-4-6-14-24-20/h1-14,25H. The number of aromatic amines is 1. The number of benzene rings is 2. The highest BCUT2D eigenvalue weighted by atomic mass is 14.7. The fraction of sp³-hybridized carbons (Fsp3) is 0. The van der Waals surface area contributed by atoms with Crippen LogP contribution in [0.3, 0.4) is 0 Å². The zero-order valence-corrected chi connectivity index (χ0v) is 13.5. The first-order valence-electron chi connectivity index (χ1n) is 8.28. The Labute approximate surface area is 145 Å². The minimum atomic E-state index is 0.945. The van der Waals surface area contributed by atoms with Crippen LogP contribution in [-0.2, 0) is 0 Å². The Balaban J connectivity index is 1.93. The maximum atomic E-state index is 4.61. The Hall–Kier alpha value is -3.46. The number of hydrogen-bond donors (Lipinski definition) is 1. The van der Waals surface area contributed by atoms with E-state index >= 15 is 0 Å². The second-order valence-electron chi connectivity index (χ2n) is 6.01. The van der Waals surface area contributed by atoms with Crippen LogP contribution in [0.1, 0.15) is 0 Å². The lowest BCUT2D eigenvalue weighted by Gasteiger charge is -2.10. The van der Waals surface area contributed by atoms with Gasteiger partial charge in [-0.15, -0.1) is 0 Å². The van der Waals surface area contributed by atoms with Crippen LogP contribution in [0, 0.1) is 0 Å². The maximum absolute atomic E-state index is 4.61. The molecule has 5 rings (SSSR count). The molecule has 2 aromatic carbocycles. The molecule has 3 heterocycles. The summed E-state index contributed by atoms with van der Waals surface area (Å²) in [6.07, 6.45) is 3.66. The summed E-state index contributed by atoms with van der Waals surface area (Å²) in [4.78, 5) is 12.7. The number of fused-ring (bicyclic) bond motifs is 3. The van der Waals surface area contributed by atoms with Gasteiger partial charge >= 0.3 is 0 Å². The summed E-state index contributed by atoms with van der Waals surface area (Å²) in [5.41, 5.74) is 6.30. The number of pyridine rings is 2. The van der Waals surface area contributed by atoms with Crippen molar-refractivity contribution in [1.82, 2.24) is 15.0 Å². The fourth-order valence-electron chi connectivity index (χ4n) is 3.43. The molecule has 0 atom stereocenters. The number of aromatic nitrogens is 3. The van der Waals surface area contributed by atoms with E-state index in [0.29, 0.717) is 0 Å². The fourth-order valence-corrected chi connectivity index (χ4v) is 3.43. The highest BCUT2D eigenvalue weighted by Crippen LogP contribution is 2.38. The molecule has 0 aliphatic carbocycles. The highest BCUT2D eigenvalue weighted by molar-refractivity contribution is 6.14. The van der Waals surface area contributed by atoms with Crippen molar-refractivity contribution >= 4 is 21.8 Å². The lowest BCUT2D eigenvalue weighted by molar-refractivity contribution is 1.30. The van der Waals surface area contributed by atoms with Gasteiger partial charge in [0.05, 0.1) is 16.9 Å². The number of nitrogens with one attached hydrogen (secondary N) is 1. The van der Waals surface area contributed by atoms with E-state index in [1.807, 2.05) is 48.8 Å². The van der Waals surface area contributed by atoms with E-state index in [1.165, 1.54) is 10.8 Å². The third kappa shape index (κ3) is 2.21. The van der Waals surface area contributed by atoms with E-state index in [2.05, 4.69) is 51.4 Å². The molecule has 5 aromatic rings. The van der Waals surface area contributed by atoms with Crippen LogP contribution in [0.4, 0.5) is 0 Å². The average molecular weight is 321 g/mol. The Morgan fingerprint density at radius 1 is 0.600 bits per heavy atom. The van der Waals surface area contributed by atoms with Crippen LogP contribution in [0.15, 0.2) is 85.2 Å². The van der Waals surface area contributed by atoms with E-state index in [0.717, 1.165) is 33.5 Å². The molecule has 25 heavy (non-hydrogen) atoms. The molecule has 0 fully saturated rings. The lowest BCUT2D eigenvalue weighted by Crippen LogP contribution is -1.91. The molecule has 0 saturated heterocycles. The quantitative estimate of drug-likeness (QED) is 0.470. The number of hydrogen-bond acceptors (Lipinski definition) is 2. The Bertz CT molecular complexity index is 1180. The van der Waals surface area contributed by atoms with Crippen LogP contribution in [0.2, 0.25) is 0 Å². The molecule has 0 unspecified atom stereocenters. The summed E-state index contributed by atoms with van der Waals surface area (Å²) in [6, 6.07) is 24.7. The molecule has 0 saturated carbocycles. The molecule has 3 heteroatoms. The van der Waals surface area contributed by atoms with E-state index < -0.39 is 0 Å². The molecule has 3 nitrogen and oxygen atoms in total. The summed E-state index contributed by atoms with van der Waals surface area (Å²) in [6.45, 7) is 0. The van der Waals surface area contributed by atoms with Crippen molar-refractivity contribution in [3.05, 3.63) is 85.2 Å². The predicted octanol–water partition coefficient (Wildman–Crippen LogP) is 5.45. The molecule has 0 radical (unpaired) electrons. The second kappa shape index (κ2) is 5.56. The largest absolute Gasteiger partial charge is 0.354 e. The monoisotopic (exact) mass is 321 g/mol. The van der Waals surface area contributed by atoms with Crippen molar-refractivity contribution < 1.29 is 0 Å². The zero-order chi connectivity index (χ0) is 16.6. The summed E-state index contributed by atoms with van der Waals surface area (Å²) in [5, 5.41) is 2.43. The molecular formula is C22H15N3. The molecule has 118 valence electrons. The zero-order valence-electron chi connectivity index (χ0n) is 13.5. The Morgan fingerprint density at radius 2 is 1.32 bits per heavy atom. The van der Waals surface area contributed by atoms with Crippen LogP contribution in [-0.4, -0.2) is 15.0 Å². The SMILES string of the molecule is c1ccc(-c2ccc3c([nH]c4ccccc43)c2-c2ccccn2)nc1. The van der Waals surface area contributed by atoms with E-state index in [9.17, 15) is 0 Å². The van der Waals surface area contributed by atoms with Crippen LogP contribution >= 0.6 is 0 Å². The van der Waals surface area contributed by atoms with Crippen LogP contribution < -0.4 is 0 Å². The first-order valence-corrected chi connectivity index (χ1v) is 8.28. The third-order valence-corrected chi connectivity index (χ3v) is 4.54. The minimum absolute atomic E-state index is 0.945. The summed E-state index contributed by atoms with van der Waals surface area (Å²) in [5.74, 6) is 0. The number of nitrogens with zero attached hydrogens (tertiary/aromatic N) is 2. The van der Waals surface area contributed by atoms with Crippen LogP contribution in [0.25, 0.3) is 44.3 Å². The second-order valence-corrected chi connectivity index (χ2v) is 6.01. The van der Waals surface area contributed by atoms with Crippen molar-refractivity contribution in [3.63, 3.8) is 0 Å². The molecule has 0 aliphatic rings. The highest BCUT2D eigenvalue weighted by Gasteiger charge is 2.16. The van der Waals surface area contributed by atoms with Crippen molar-refractivity contribution in [2.45, 2.75) is 0 Å². The summed E-state index contributed by atoms with van der Waals surface area (Å²) >= 11 is 0. The molecule has 0 aliphatic heterocycles. The summed E-state index contributed by atoms with van der Waals surface area (Å²) < 4.78 is 0. The van der Waals surface area contributed by atoms with Crippen LogP contribution in [0.5, 0.6) is 0 Å². The van der Waals surface area contributed by atoms with Gasteiger partial charge in [0.25, 0.3) is 0 Å². The predicted molar refractivity (Wildman–Crippen MR) is 102 cm³/mol. The molecule has 0 bridgehead atoms. The van der Waals surface area contributed by atoms with Crippen molar-refractivity contribution in [2.24, 2.45) is 0 Å². The first kappa shape index (κ1) is 13.9. The third-order valence-electron chi connectivity index (χ3n) is 4.54. The van der Waals surface area contributed by atoms with Gasteiger partial charge in [-0.25, -0.2) is 0 Å². The number of H-pyrrole nitrogens is 1. The van der Waals surface area contributed by atoms with Crippen molar-refractivity contribution in [2.75, 3.05) is 0 Å². The molecule has 1 N–H and O–H groups in total. The lowest BCUT2D eigenvalue weighted by atomic mass is 9.97. The first-order chi connectivity index (χ1) is 12.4. The van der Waals surface area contributed by atoms with Gasteiger partial charge in [-0.1, -0.05) is 42.5 Å². The molecular weight excluding hydrogens is 306 g/mol. The van der Waals surface area contributed by atoms with Gasteiger partial charge in [0.1, 0.15) is 0 Å². The van der Waals surface area contributed by atoms with Gasteiger partial charge in [-0.05, 0) is 30.3 Å². The number of para-hydroxylation sites is 1. The average Bonchev–Trinajstić information content (AvgIpc) is 3.07. The molecule has 0 amide bonds. The van der Waals surface area contributed by atoms with Gasteiger partial charge in [-0.2, -0.15) is 0 Å². The van der Waals surface area contributed by atoms with Gasteiger partial charge in [0.2, 0.25) is 0 Å².